The molecule has 1 aromatic carbocycles. The van der Waals surface area contributed by atoms with Gasteiger partial charge in [0, 0.05) is 18.6 Å². The maximum absolute atomic E-state index is 11.9. The Morgan fingerprint density at radius 1 is 1.41 bits per heavy atom. The van der Waals surface area contributed by atoms with Crippen molar-refractivity contribution in [1.82, 2.24) is 9.78 Å². The van der Waals surface area contributed by atoms with E-state index in [-0.39, 0.29) is 28.7 Å². The van der Waals surface area contributed by atoms with Gasteiger partial charge in [-0.05, 0) is 13.0 Å². The van der Waals surface area contributed by atoms with Crippen molar-refractivity contribution in [3.05, 3.63) is 50.2 Å². The predicted molar refractivity (Wildman–Crippen MR) is 83.3 cm³/mol. The first kappa shape index (κ1) is 16.3. The van der Waals surface area contributed by atoms with E-state index in [2.05, 4.69) is 10.4 Å². The lowest BCUT2D eigenvalue weighted by molar-refractivity contribution is -0.384. The average Bonchev–Trinajstić information content (AvgIpc) is 2.78. The Bertz CT molecular complexity index is 730. The number of nitrogens with one attached hydrogen (secondary N) is 1. The Morgan fingerprint density at radius 2 is 2.14 bits per heavy atom. The number of carbonyl (C=O) groups excluding carboxylic acids is 1. The minimum absolute atomic E-state index is 0.137. The summed E-state index contributed by atoms with van der Waals surface area (Å²) in [6.07, 6.45) is 1.64. The van der Waals surface area contributed by atoms with Gasteiger partial charge in [0.1, 0.15) is 0 Å². The summed E-state index contributed by atoms with van der Waals surface area (Å²) in [4.78, 5) is 22.1. The number of nitro groups is 1. The minimum Gasteiger partial charge on any atom is -0.325 e. The fourth-order valence-corrected chi connectivity index (χ4v) is 2.10. The largest absolute Gasteiger partial charge is 0.325 e. The first-order valence-corrected chi connectivity index (χ1v) is 7.06. The van der Waals surface area contributed by atoms with Gasteiger partial charge in [-0.25, -0.2) is 0 Å². The van der Waals surface area contributed by atoms with Gasteiger partial charge in [-0.2, -0.15) is 5.10 Å². The molecule has 0 saturated carbocycles. The summed E-state index contributed by atoms with van der Waals surface area (Å²) in [5, 5.41) is 18.1. The lowest BCUT2D eigenvalue weighted by atomic mass is 10.2. The number of carbonyl (C=O) groups is 1. The van der Waals surface area contributed by atoms with E-state index in [9.17, 15) is 14.9 Å². The van der Waals surface area contributed by atoms with Gasteiger partial charge in [-0.15, -0.1) is 0 Å². The maximum atomic E-state index is 11.9. The zero-order chi connectivity index (χ0) is 16.3. The van der Waals surface area contributed by atoms with Crippen molar-refractivity contribution < 1.29 is 9.72 Å². The van der Waals surface area contributed by atoms with E-state index in [0.717, 1.165) is 5.69 Å². The van der Waals surface area contributed by atoms with Crippen molar-refractivity contribution in [3.63, 3.8) is 0 Å². The van der Waals surface area contributed by atoms with Gasteiger partial charge >= 0.3 is 0 Å². The Balaban J connectivity index is 2.01. The normalized spacial score (nSPS) is 10.5. The highest BCUT2D eigenvalue weighted by molar-refractivity contribution is 6.33. The number of non-ortho nitro benzene ring substituents is 1. The zero-order valence-electron chi connectivity index (χ0n) is 11.5. The molecule has 7 nitrogen and oxygen atoms in total. The van der Waals surface area contributed by atoms with E-state index in [1.54, 1.807) is 11.6 Å². The smallest absolute Gasteiger partial charge is 0.271 e. The molecular formula is C13H12Cl2N4O3. The molecular weight excluding hydrogens is 331 g/mol. The molecule has 1 aromatic heterocycles. The predicted octanol–water partition coefficient (Wildman–Crippen LogP) is 3.44. The van der Waals surface area contributed by atoms with E-state index < -0.39 is 4.92 Å². The van der Waals surface area contributed by atoms with Crippen LogP contribution in [0.1, 0.15) is 12.1 Å². The summed E-state index contributed by atoms with van der Waals surface area (Å²) < 4.78 is 1.61. The van der Waals surface area contributed by atoms with Gasteiger partial charge in [-0.1, -0.05) is 23.2 Å². The molecule has 0 fully saturated rings. The molecule has 0 radical (unpaired) electrons. The van der Waals surface area contributed by atoms with Crippen LogP contribution in [0.15, 0.2) is 24.4 Å². The summed E-state index contributed by atoms with van der Waals surface area (Å²) in [7, 11) is 0. The third-order valence-electron chi connectivity index (χ3n) is 3.03. The second kappa shape index (κ2) is 6.76. The lowest BCUT2D eigenvalue weighted by Crippen LogP contribution is -2.16. The number of halogens is 2. The first-order valence-electron chi connectivity index (χ1n) is 6.30. The maximum Gasteiger partial charge on any atom is 0.271 e. The number of rotatable bonds is 5. The van der Waals surface area contributed by atoms with Crippen LogP contribution in [0, 0.1) is 17.0 Å². The molecule has 22 heavy (non-hydrogen) atoms. The van der Waals surface area contributed by atoms with Crippen molar-refractivity contribution >= 4 is 40.5 Å². The van der Waals surface area contributed by atoms with Gasteiger partial charge in [0.25, 0.3) is 5.69 Å². The topological polar surface area (TPSA) is 90.1 Å². The van der Waals surface area contributed by atoms with Crippen LogP contribution in [0.5, 0.6) is 0 Å². The number of amides is 1. The molecule has 2 rings (SSSR count). The van der Waals surface area contributed by atoms with Crippen LogP contribution < -0.4 is 5.32 Å². The highest BCUT2D eigenvalue weighted by Gasteiger charge is 2.13. The van der Waals surface area contributed by atoms with Gasteiger partial charge in [-0.3, -0.25) is 19.6 Å². The molecule has 0 saturated heterocycles. The monoisotopic (exact) mass is 342 g/mol. The summed E-state index contributed by atoms with van der Waals surface area (Å²) in [6.45, 7) is 2.14. The Labute approximate surface area is 136 Å². The van der Waals surface area contributed by atoms with Gasteiger partial charge < -0.3 is 5.32 Å². The van der Waals surface area contributed by atoms with Crippen LogP contribution in [-0.4, -0.2) is 20.6 Å². The summed E-state index contributed by atoms with van der Waals surface area (Å²) in [5.41, 5.74) is 0.827. The second-order valence-electron chi connectivity index (χ2n) is 4.52. The van der Waals surface area contributed by atoms with Crippen LogP contribution in [0.4, 0.5) is 11.4 Å². The van der Waals surface area contributed by atoms with E-state index in [4.69, 9.17) is 23.2 Å². The van der Waals surface area contributed by atoms with Crippen LogP contribution in [0.2, 0.25) is 10.0 Å². The van der Waals surface area contributed by atoms with E-state index >= 15 is 0 Å². The zero-order valence-corrected chi connectivity index (χ0v) is 13.1. The first-order chi connectivity index (χ1) is 10.4. The van der Waals surface area contributed by atoms with Gasteiger partial charge in [0.05, 0.1) is 39.1 Å². The number of nitrogens with zero attached hydrogens (tertiary/aromatic N) is 3. The minimum atomic E-state index is -0.554. The van der Waals surface area contributed by atoms with Crippen molar-refractivity contribution in [2.24, 2.45) is 0 Å². The fourth-order valence-electron chi connectivity index (χ4n) is 1.79. The SMILES string of the molecule is Cc1c(Cl)cnn1CCC(=O)Nc1cc([N+](=O)[O-])ccc1Cl. The molecule has 0 atom stereocenters. The number of hydrogen-bond acceptors (Lipinski definition) is 4. The number of hydrogen-bond donors (Lipinski definition) is 1. The van der Waals surface area contributed by atoms with Crippen molar-refractivity contribution in [2.75, 3.05) is 5.32 Å². The molecule has 0 aliphatic heterocycles. The van der Waals surface area contributed by atoms with E-state index in [0.29, 0.717) is 11.6 Å². The molecule has 1 amide bonds. The third-order valence-corrected chi connectivity index (χ3v) is 3.73. The van der Waals surface area contributed by atoms with Crippen molar-refractivity contribution in [2.45, 2.75) is 19.9 Å². The van der Waals surface area contributed by atoms with Crippen LogP contribution >= 0.6 is 23.2 Å². The molecule has 0 unspecified atom stereocenters. The highest BCUT2D eigenvalue weighted by atomic mass is 35.5. The summed E-state index contributed by atoms with van der Waals surface area (Å²) in [6, 6.07) is 3.86. The standard InChI is InChI=1S/C13H12Cl2N4O3/c1-8-11(15)7-16-18(8)5-4-13(20)17-12-6-9(19(21)22)2-3-10(12)14/h2-3,6-7H,4-5H2,1H3,(H,17,20). The van der Waals surface area contributed by atoms with Crippen LogP contribution in [0.25, 0.3) is 0 Å². The molecule has 9 heteroatoms. The van der Waals surface area contributed by atoms with Crippen LogP contribution in [-0.2, 0) is 11.3 Å². The number of aromatic nitrogens is 2. The molecule has 1 heterocycles. The van der Waals surface area contributed by atoms with Gasteiger partial charge in [0.2, 0.25) is 5.91 Å². The fraction of sp³-hybridized carbons (Fsp3) is 0.231. The summed E-state index contributed by atoms with van der Waals surface area (Å²) in [5.74, 6) is -0.326. The lowest BCUT2D eigenvalue weighted by Gasteiger charge is -2.08. The molecule has 0 bridgehead atoms. The molecule has 2 aromatic rings. The Morgan fingerprint density at radius 3 is 2.73 bits per heavy atom. The molecule has 1 N–H and O–H groups in total. The number of benzene rings is 1. The quantitative estimate of drug-likeness (QED) is 0.665. The van der Waals surface area contributed by atoms with E-state index in [1.165, 1.54) is 24.4 Å². The number of anilines is 1. The Hall–Kier alpha value is -2.12. The van der Waals surface area contributed by atoms with Gasteiger partial charge in [0.15, 0.2) is 0 Å². The Kier molecular flexibility index (Phi) is 4.99. The second-order valence-corrected chi connectivity index (χ2v) is 5.33. The molecule has 116 valence electrons. The molecule has 0 aliphatic rings. The van der Waals surface area contributed by atoms with Crippen molar-refractivity contribution in [3.8, 4) is 0 Å². The third kappa shape index (κ3) is 3.75. The van der Waals surface area contributed by atoms with Crippen molar-refractivity contribution in [1.29, 1.82) is 0 Å². The molecule has 0 spiro atoms. The summed E-state index contributed by atoms with van der Waals surface area (Å²) >= 11 is 11.8. The highest BCUT2D eigenvalue weighted by Crippen LogP contribution is 2.26. The molecule has 0 aliphatic carbocycles. The number of nitro benzene ring substituents is 1. The number of aryl methyl sites for hydroxylation is 1. The van der Waals surface area contributed by atoms with Crippen LogP contribution in [0.3, 0.4) is 0 Å². The average molecular weight is 343 g/mol. The van der Waals surface area contributed by atoms with E-state index in [1.807, 2.05) is 0 Å².